The lowest BCUT2D eigenvalue weighted by atomic mass is 9.69. The van der Waals surface area contributed by atoms with Crippen molar-refractivity contribution in [1.82, 2.24) is 0 Å². The highest BCUT2D eigenvalue weighted by Crippen LogP contribution is 2.43. The third-order valence-electron chi connectivity index (χ3n) is 7.76. The Hall–Kier alpha value is -2.40. The van der Waals surface area contributed by atoms with E-state index in [1.165, 1.54) is 69.8 Å². The summed E-state index contributed by atoms with van der Waals surface area (Å²) in [6.07, 6.45) is 13.6. The molecule has 2 fully saturated rings. The SMILES string of the molecule is CCCCOC1CCC(C2CCC(c3ccc(OCOc4cc(N)cc(N)c4)cc3)CC2)CC1. The minimum Gasteiger partial charge on any atom is -0.458 e. The van der Waals surface area contributed by atoms with Gasteiger partial charge in [0.1, 0.15) is 11.5 Å². The van der Waals surface area contributed by atoms with Crippen LogP contribution in [0.3, 0.4) is 0 Å². The molecule has 4 rings (SSSR count). The summed E-state index contributed by atoms with van der Waals surface area (Å²) in [4.78, 5) is 0. The predicted octanol–water partition coefficient (Wildman–Crippen LogP) is 6.92. The first-order valence-electron chi connectivity index (χ1n) is 13.2. The van der Waals surface area contributed by atoms with E-state index in [1.54, 1.807) is 18.2 Å². The molecule has 0 amide bonds. The van der Waals surface area contributed by atoms with Crippen LogP contribution in [0.1, 0.15) is 82.6 Å². The van der Waals surface area contributed by atoms with Crippen molar-refractivity contribution >= 4 is 11.4 Å². The van der Waals surface area contributed by atoms with Crippen molar-refractivity contribution in [2.75, 3.05) is 24.9 Å². The quantitative estimate of drug-likeness (QED) is 0.226. The fraction of sp³-hybridized carbons (Fsp3) is 0.586. The normalized spacial score (nSPS) is 25.1. The Bertz CT molecular complexity index is 849. The zero-order chi connectivity index (χ0) is 23.8. The molecule has 0 spiro atoms. The van der Waals surface area contributed by atoms with Crippen molar-refractivity contribution < 1.29 is 14.2 Å². The summed E-state index contributed by atoms with van der Waals surface area (Å²) in [7, 11) is 0. The molecule has 34 heavy (non-hydrogen) atoms. The van der Waals surface area contributed by atoms with Crippen LogP contribution in [-0.4, -0.2) is 19.5 Å². The zero-order valence-electron chi connectivity index (χ0n) is 20.7. The van der Waals surface area contributed by atoms with Crippen LogP contribution < -0.4 is 20.9 Å². The maximum atomic E-state index is 6.07. The van der Waals surface area contributed by atoms with Crippen molar-refractivity contribution in [3.8, 4) is 11.5 Å². The average molecular weight is 467 g/mol. The van der Waals surface area contributed by atoms with Crippen LogP contribution in [0.5, 0.6) is 11.5 Å². The van der Waals surface area contributed by atoms with Gasteiger partial charge in [0.2, 0.25) is 6.79 Å². The van der Waals surface area contributed by atoms with E-state index in [-0.39, 0.29) is 6.79 Å². The van der Waals surface area contributed by atoms with Gasteiger partial charge in [0, 0.05) is 30.1 Å². The van der Waals surface area contributed by atoms with Gasteiger partial charge in [-0.1, -0.05) is 25.5 Å². The fourth-order valence-corrected chi connectivity index (χ4v) is 5.78. The van der Waals surface area contributed by atoms with Crippen LogP contribution >= 0.6 is 0 Å². The standard InChI is InChI=1S/C29H42N2O3/c1-2-3-16-32-27-12-8-23(9-13-27)21-4-6-22(7-5-21)24-10-14-28(15-11-24)33-20-34-29-18-25(30)17-26(31)19-29/h10-11,14-15,17-19,21-23,27H,2-9,12-13,16,20,30-31H2,1H3. The highest BCUT2D eigenvalue weighted by molar-refractivity contribution is 5.56. The van der Waals surface area contributed by atoms with Gasteiger partial charge >= 0.3 is 0 Å². The number of nitrogen functional groups attached to an aromatic ring is 2. The zero-order valence-corrected chi connectivity index (χ0v) is 20.7. The first-order valence-corrected chi connectivity index (χ1v) is 13.2. The van der Waals surface area contributed by atoms with Crippen molar-refractivity contribution in [3.63, 3.8) is 0 Å². The minimum absolute atomic E-state index is 0.124. The third-order valence-corrected chi connectivity index (χ3v) is 7.76. The van der Waals surface area contributed by atoms with Gasteiger partial charge in [-0.15, -0.1) is 0 Å². The average Bonchev–Trinajstić information content (AvgIpc) is 2.85. The monoisotopic (exact) mass is 466 g/mol. The molecule has 0 aliphatic heterocycles. The minimum atomic E-state index is 0.124. The second-order valence-corrected chi connectivity index (χ2v) is 10.2. The molecular weight excluding hydrogens is 424 g/mol. The van der Waals surface area contributed by atoms with E-state index in [1.807, 2.05) is 0 Å². The molecule has 0 aromatic heterocycles. The molecule has 5 heteroatoms. The molecule has 0 radical (unpaired) electrons. The van der Waals surface area contributed by atoms with Gasteiger partial charge < -0.3 is 25.7 Å². The van der Waals surface area contributed by atoms with Crippen LogP contribution in [-0.2, 0) is 4.74 Å². The van der Waals surface area contributed by atoms with E-state index < -0.39 is 0 Å². The number of unbranched alkanes of at least 4 members (excludes halogenated alkanes) is 1. The summed E-state index contributed by atoms with van der Waals surface area (Å²) >= 11 is 0. The molecule has 5 nitrogen and oxygen atoms in total. The molecule has 0 atom stereocenters. The lowest BCUT2D eigenvalue weighted by Gasteiger charge is -2.38. The Labute approximate surface area is 205 Å². The van der Waals surface area contributed by atoms with Gasteiger partial charge in [-0.3, -0.25) is 0 Å². The van der Waals surface area contributed by atoms with Crippen molar-refractivity contribution in [2.24, 2.45) is 11.8 Å². The lowest BCUT2D eigenvalue weighted by Crippen LogP contribution is -2.28. The van der Waals surface area contributed by atoms with E-state index in [2.05, 4.69) is 31.2 Å². The number of benzene rings is 2. The van der Waals surface area contributed by atoms with Gasteiger partial charge in [-0.05, 0) is 99.3 Å². The Morgan fingerprint density at radius 3 is 1.94 bits per heavy atom. The predicted molar refractivity (Wildman–Crippen MR) is 139 cm³/mol. The third kappa shape index (κ3) is 7.05. The number of anilines is 2. The molecule has 4 N–H and O–H groups in total. The number of hydrogen-bond donors (Lipinski definition) is 2. The maximum absolute atomic E-state index is 6.07. The van der Waals surface area contributed by atoms with E-state index >= 15 is 0 Å². The fourth-order valence-electron chi connectivity index (χ4n) is 5.78. The molecule has 0 unspecified atom stereocenters. The Morgan fingerprint density at radius 2 is 1.32 bits per heavy atom. The van der Waals surface area contributed by atoms with E-state index in [9.17, 15) is 0 Å². The molecule has 2 aliphatic carbocycles. The van der Waals surface area contributed by atoms with Crippen LogP contribution in [0, 0.1) is 11.8 Å². The summed E-state index contributed by atoms with van der Waals surface area (Å²) in [5, 5.41) is 0. The molecule has 2 aromatic carbocycles. The lowest BCUT2D eigenvalue weighted by molar-refractivity contribution is 0.00675. The number of nitrogens with two attached hydrogens (primary N) is 2. The van der Waals surface area contributed by atoms with Gasteiger partial charge in [-0.2, -0.15) is 0 Å². The smallest absolute Gasteiger partial charge is 0.230 e. The number of ether oxygens (including phenoxy) is 3. The Kier molecular flexibility index (Phi) is 8.97. The van der Waals surface area contributed by atoms with E-state index in [0.717, 1.165) is 24.2 Å². The molecule has 0 heterocycles. The first-order chi connectivity index (χ1) is 16.6. The first kappa shape index (κ1) is 24.7. The second-order valence-electron chi connectivity index (χ2n) is 10.2. The molecule has 0 saturated heterocycles. The Balaban J connectivity index is 1.17. The van der Waals surface area contributed by atoms with E-state index in [0.29, 0.717) is 29.1 Å². The summed E-state index contributed by atoms with van der Waals surface area (Å²) in [5.74, 6) is 3.92. The van der Waals surface area contributed by atoms with Crippen LogP contribution in [0.2, 0.25) is 0 Å². The molecule has 0 bridgehead atoms. The molecule has 2 saturated carbocycles. The number of rotatable bonds is 10. The van der Waals surface area contributed by atoms with Crippen molar-refractivity contribution in [1.29, 1.82) is 0 Å². The van der Waals surface area contributed by atoms with Crippen LogP contribution in [0.15, 0.2) is 42.5 Å². The van der Waals surface area contributed by atoms with E-state index in [4.69, 9.17) is 25.7 Å². The molecule has 2 aliphatic rings. The maximum Gasteiger partial charge on any atom is 0.230 e. The molecular formula is C29H42N2O3. The van der Waals surface area contributed by atoms with Gasteiger partial charge in [0.25, 0.3) is 0 Å². The van der Waals surface area contributed by atoms with Gasteiger partial charge in [0.15, 0.2) is 0 Å². The summed E-state index contributed by atoms with van der Waals surface area (Å²) in [6, 6.07) is 13.7. The van der Waals surface area contributed by atoms with Crippen molar-refractivity contribution in [2.45, 2.75) is 83.2 Å². The highest BCUT2D eigenvalue weighted by atomic mass is 16.7. The summed E-state index contributed by atoms with van der Waals surface area (Å²) in [6.45, 7) is 3.31. The summed E-state index contributed by atoms with van der Waals surface area (Å²) in [5.41, 5.74) is 14.2. The molecule has 2 aromatic rings. The summed E-state index contributed by atoms with van der Waals surface area (Å²) < 4.78 is 17.5. The van der Waals surface area contributed by atoms with Gasteiger partial charge in [0.05, 0.1) is 6.10 Å². The topological polar surface area (TPSA) is 79.7 Å². The highest BCUT2D eigenvalue weighted by Gasteiger charge is 2.31. The number of hydrogen-bond acceptors (Lipinski definition) is 5. The van der Waals surface area contributed by atoms with Gasteiger partial charge in [-0.25, -0.2) is 0 Å². The largest absolute Gasteiger partial charge is 0.458 e. The second kappa shape index (κ2) is 12.3. The van der Waals surface area contributed by atoms with Crippen LogP contribution in [0.25, 0.3) is 0 Å². The van der Waals surface area contributed by atoms with Crippen LogP contribution in [0.4, 0.5) is 11.4 Å². The Morgan fingerprint density at radius 1 is 0.735 bits per heavy atom. The van der Waals surface area contributed by atoms with Crippen molar-refractivity contribution in [3.05, 3.63) is 48.0 Å². The molecule has 186 valence electrons.